The van der Waals surface area contributed by atoms with Gasteiger partial charge in [0.1, 0.15) is 17.7 Å². The minimum atomic E-state index is -4.78. The van der Waals surface area contributed by atoms with Crippen molar-refractivity contribution >= 4 is 33.8 Å². The van der Waals surface area contributed by atoms with E-state index in [1.807, 2.05) is 0 Å². The first-order valence-electron chi connectivity index (χ1n) is 13.0. The lowest BCUT2D eigenvalue weighted by Crippen LogP contribution is -2.43. The van der Waals surface area contributed by atoms with Crippen LogP contribution in [-0.4, -0.2) is 50.5 Å². The quantitative estimate of drug-likeness (QED) is 0.169. The van der Waals surface area contributed by atoms with E-state index in [0.29, 0.717) is 6.54 Å². The molecule has 9 nitrogen and oxygen atoms in total. The second kappa shape index (κ2) is 12.4. The number of hydrogen-bond acceptors (Lipinski definition) is 7. The molecule has 0 spiro atoms. The van der Waals surface area contributed by atoms with Crippen LogP contribution in [0.3, 0.4) is 0 Å². The number of benzene rings is 2. The van der Waals surface area contributed by atoms with Gasteiger partial charge in [-0.15, -0.1) is 5.10 Å². The van der Waals surface area contributed by atoms with Gasteiger partial charge in [0, 0.05) is 24.7 Å². The summed E-state index contributed by atoms with van der Waals surface area (Å²) in [5.74, 6) is -1.47. The Morgan fingerprint density at radius 3 is 2.62 bits per heavy atom. The molecule has 1 aliphatic heterocycles. The fourth-order valence-corrected chi connectivity index (χ4v) is 5.98. The summed E-state index contributed by atoms with van der Waals surface area (Å²) < 4.78 is 102. The lowest BCUT2D eigenvalue weighted by molar-refractivity contribution is -0.141. The number of methoxy groups -OCH3 is 1. The van der Waals surface area contributed by atoms with Crippen LogP contribution in [-0.2, 0) is 32.3 Å². The number of carbonyl (C=O) groups excluding carboxylic acids is 1. The third-order valence-corrected chi connectivity index (χ3v) is 8.24. The van der Waals surface area contributed by atoms with Crippen LogP contribution >= 0.6 is 0 Å². The maximum atomic E-state index is 14.4. The molecule has 1 atom stereocenters. The van der Waals surface area contributed by atoms with Crippen LogP contribution in [0.1, 0.15) is 43.4 Å². The molecule has 1 aromatic heterocycles. The SMILES string of the molecule is CCOc1nn(CC)cc1S(=O)(=O)N1CC(CCC(=O)OC)Oc2ccc(C=Cc3c(F)cccc3C(F)(F)F)cc21. The maximum absolute atomic E-state index is 14.4. The Labute approximate surface area is 240 Å². The molecule has 2 aromatic carbocycles. The lowest BCUT2D eigenvalue weighted by atomic mass is 10.0. The van der Waals surface area contributed by atoms with Gasteiger partial charge in [-0.05, 0) is 50.1 Å². The van der Waals surface area contributed by atoms with Crippen molar-refractivity contribution in [3.63, 3.8) is 0 Å². The van der Waals surface area contributed by atoms with E-state index in [0.717, 1.165) is 28.6 Å². The maximum Gasteiger partial charge on any atom is 0.417 e. The van der Waals surface area contributed by atoms with Gasteiger partial charge in [-0.2, -0.15) is 13.2 Å². The van der Waals surface area contributed by atoms with Crippen molar-refractivity contribution in [3.8, 4) is 11.6 Å². The summed E-state index contributed by atoms with van der Waals surface area (Å²) in [7, 11) is -3.07. The van der Waals surface area contributed by atoms with Gasteiger partial charge in [0.15, 0.2) is 4.90 Å². The van der Waals surface area contributed by atoms with Gasteiger partial charge in [0.2, 0.25) is 0 Å². The van der Waals surface area contributed by atoms with E-state index < -0.39 is 45.2 Å². The highest BCUT2D eigenvalue weighted by Crippen LogP contribution is 2.41. The number of fused-ring (bicyclic) bond motifs is 1. The van der Waals surface area contributed by atoms with Crippen LogP contribution in [0.5, 0.6) is 11.6 Å². The zero-order valence-corrected chi connectivity index (χ0v) is 23.8. The summed E-state index contributed by atoms with van der Waals surface area (Å²) in [5, 5.41) is 4.20. The molecule has 0 radical (unpaired) electrons. The van der Waals surface area contributed by atoms with E-state index in [4.69, 9.17) is 14.2 Å². The topological polar surface area (TPSA) is 100.0 Å². The van der Waals surface area contributed by atoms with Crippen LogP contribution < -0.4 is 13.8 Å². The fraction of sp³-hybridized carbons (Fsp3) is 0.357. The van der Waals surface area contributed by atoms with Crippen LogP contribution in [0.25, 0.3) is 12.2 Å². The van der Waals surface area contributed by atoms with E-state index in [-0.39, 0.29) is 53.8 Å². The number of alkyl halides is 3. The lowest BCUT2D eigenvalue weighted by Gasteiger charge is -2.35. The number of sulfonamides is 1. The van der Waals surface area contributed by atoms with Crippen LogP contribution in [0.15, 0.2) is 47.5 Å². The standard InChI is InChI=1S/C28H29F4N3O6S/c1-4-34-17-25(27(33-34)40-5-2)42(37,38)35-16-19(11-14-26(36)39-3)41-24-13-10-18(15-23(24)35)9-12-20-21(28(30,31)32)7-6-8-22(20)29/h6-10,12-13,15,17,19H,4-5,11,14,16H2,1-3H3. The second-order valence-electron chi connectivity index (χ2n) is 9.24. The van der Waals surface area contributed by atoms with Crippen LogP contribution in [0.4, 0.5) is 23.2 Å². The Morgan fingerprint density at radius 1 is 1.19 bits per heavy atom. The number of hydrogen-bond donors (Lipinski definition) is 0. The third kappa shape index (κ3) is 6.53. The smallest absolute Gasteiger partial charge is 0.417 e. The van der Waals surface area contributed by atoms with E-state index in [1.165, 1.54) is 42.3 Å². The molecular weight excluding hydrogens is 582 g/mol. The van der Waals surface area contributed by atoms with E-state index in [2.05, 4.69) is 5.10 Å². The summed E-state index contributed by atoms with van der Waals surface area (Å²) in [5.41, 5.74) is -1.41. The van der Waals surface area contributed by atoms with Gasteiger partial charge in [0.25, 0.3) is 15.9 Å². The molecule has 0 saturated carbocycles. The van der Waals surface area contributed by atoms with Gasteiger partial charge in [-0.25, -0.2) is 12.8 Å². The minimum Gasteiger partial charge on any atom is -0.486 e. The Hall–Kier alpha value is -4.07. The number of nitrogens with zero attached hydrogens (tertiary/aromatic N) is 3. The molecule has 226 valence electrons. The van der Waals surface area contributed by atoms with Crippen LogP contribution in [0, 0.1) is 5.82 Å². The van der Waals surface area contributed by atoms with Crippen molar-refractivity contribution in [2.24, 2.45) is 0 Å². The molecule has 0 N–H and O–H groups in total. The van der Waals surface area contributed by atoms with E-state index >= 15 is 0 Å². The number of aromatic nitrogens is 2. The average molecular weight is 612 g/mol. The van der Waals surface area contributed by atoms with Gasteiger partial charge in [-0.1, -0.05) is 24.3 Å². The molecule has 4 rings (SSSR count). The van der Waals surface area contributed by atoms with Gasteiger partial charge < -0.3 is 14.2 Å². The van der Waals surface area contributed by atoms with E-state index in [9.17, 15) is 30.8 Å². The van der Waals surface area contributed by atoms with Crippen molar-refractivity contribution in [1.29, 1.82) is 0 Å². The number of anilines is 1. The largest absolute Gasteiger partial charge is 0.486 e. The first-order valence-corrected chi connectivity index (χ1v) is 14.5. The van der Waals surface area contributed by atoms with Gasteiger partial charge in [-0.3, -0.25) is 13.8 Å². The number of ether oxygens (including phenoxy) is 3. The molecule has 0 bridgehead atoms. The van der Waals surface area contributed by atoms with Crippen molar-refractivity contribution < 1.29 is 45.0 Å². The fourth-order valence-electron chi connectivity index (χ4n) is 4.40. The molecule has 0 saturated heterocycles. The average Bonchev–Trinajstić information content (AvgIpc) is 3.38. The predicted molar refractivity (Wildman–Crippen MR) is 146 cm³/mol. The number of aryl methyl sites for hydroxylation is 1. The normalized spacial score (nSPS) is 15.4. The highest BCUT2D eigenvalue weighted by molar-refractivity contribution is 7.93. The number of rotatable bonds is 10. The van der Waals surface area contributed by atoms with Crippen molar-refractivity contribution in [1.82, 2.24) is 9.78 Å². The molecule has 2 heterocycles. The zero-order valence-electron chi connectivity index (χ0n) is 23.0. The Kier molecular flexibility index (Phi) is 9.14. The van der Waals surface area contributed by atoms with E-state index in [1.54, 1.807) is 13.8 Å². The first-order chi connectivity index (χ1) is 19.9. The number of carbonyl (C=O) groups is 1. The highest BCUT2D eigenvalue weighted by atomic mass is 32.2. The van der Waals surface area contributed by atoms with Crippen LogP contribution in [0.2, 0.25) is 0 Å². The monoisotopic (exact) mass is 611 g/mol. The molecule has 14 heteroatoms. The summed E-state index contributed by atoms with van der Waals surface area (Å²) in [4.78, 5) is 11.6. The second-order valence-corrected chi connectivity index (χ2v) is 11.1. The molecule has 0 fully saturated rings. The number of esters is 1. The highest BCUT2D eigenvalue weighted by Gasteiger charge is 2.38. The summed E-state index contributed by atoms with van der Waals surface area (Å²) in [6.07, 6.45) is -1.79. The van der Waals surface area contributed by atoms with Crippen molar-refractivity contribution in [2.45, 2.75) is 50.4 Å². The molecular formula is C28H29F4N3O6S. The Bertz CT molecular complexity index is 1590. The minimum absolute atomic E-state index is 0.0205. The molecule has 1 unspecified atom stereocenters. The summed E-state index contributed by atoms with van der Waals surface area (Å²) >= 11 is 0. The molecule has 3 aromatic rings. The molecule has 42 heavy (non-hydrogen) atoms. The summed E-state index contributed by atoms with van der Waals surface area (Å²) in [6, 6.07) is 7.05. The molecule has 1 aliphatic rings. The number of halogens is 4. The Balaban J connectivity index is 1.78. The van der Waals surface area contributed by atoms with Gasteiger partial charge >= 0.3 is 12.1 Å². The first kappa shape index (κ1) is 30.9. The van der Waals surface area contributed by atoms with Crippen molar-refractivity contribution in [3.05, 3.63) is 65.1 Å². The zero-order chi connectivity index (χ0) is 30.7. The molecule has 0 amide bonds. The van der Waals surface area contributed by atoms with Gasteiger partial charge in [0.05, 0.1) is 31.5 Å². The predicted octanol–water partition coefficient (Wildman–Crippen LogP) is 5.54. The summed E-state index contributed by atoms with van der Waals surface area (Å²) in [6.45, 7) is 3.82. The molecule has 0 aliphatic carbocycles. The Morgan fingerprint density at radius 2 is 1.95 bits per heavy atom. The van der Waals surface area contributed by atoms with Crippen molar-refractivity contribution in [2.75, 3.05) is 24.6 Å². The third-order valence-electron chi connectivity index (χ3n) is 6.48.